The number of nitrogens with zero attached hydrogens (tertiary/aromatic N) is 3. The zero-order chi connectivity index (χ0) is 24.3. The molecule has 8 nitrogen and oxygen atoms in total. The summed E-state index contributed by atoms with van der Waals surface area (Å²) in [5.41, 5.74) is -1.02. The van der Waals surface area contributed by atoms with E-state index in [0.29, 0.717) is 29.1 Å². The van der Waals surface area contributed by atoms with Gasteiger partial charge in [0.1, 0.15) is 6.54 Å². The Bertz CT molecular complexity index is 1030. The number of rotatable bonds is 7. The van der Waals surface area contributed by atoms with E-state index in [2.05, 4.69) is 15.3 Å². The summed E-state index contributed by atoms with van der Waals surface area (Å²) in [5, 5.41) is 14.7. The number of hydrogen-bond donors (Lipinski definition) is 2. The van der Waals surface area contributed by atoms with Crippen LogP contribution in [0.5, 0.6) is 0 Å². The normalized spacial score (nSPS) is 27.4. The van der Waals surface area contributed by atoms with E-state index in [1.807, 2.05) is 30.3 Å². The third kappa shape index (κ3) is 5.48. The molecule has 1 unspecified atom stereocenters. The summed E-state index contributed by atoms with van der Waals surface area (Å²) in [6, 6.07) is 11.0. The zero-order valence-electron chi connectivity index (χ0n) is 20.5. The van der Waals surface area contributed by atoms with Crippen molar-refractivity contribution in [2.45, 2.75) is 56.7 Å². The zero-order valence-corrected chi connectivity index (χ0v) is 22.1. The number of halogens is 1. The summed E-state index contributed by atoms with van der Waals surface area (Å²) in [5.74, 6) is -0.247. The number of nitrogens with one attached hydrogen (secondary N) is 1. The van der Waals surface area contributed by atoms with Crippen molar-refractivity contribution in [2.24, 2.45) is 11.8 Å². The third-order valence-corrected chi connectivity index (χ3v) is 8.32. The molecular weight excluding hydrogens is 524 g/mol. The number of carbonyl (C=O) groups excluding carboxylic acids is 2. The second kappa shape index (κ2) is 11.4. The van der Waals surface area contributed by atoms with E-state index >= 15 is 0 Å². The number of amides is 1. The van der Waals surface area contributed by atoms with Gasteiger partial charge in [-0.3, -0.25) is 10.1 Å². The highest BCUT2D eigenvalue weighted by atomic mass is 79.9. The van der Waals surface area contributed by atoms with E-state index in [-0.39, 0.29) is 40.8 Å². The van der Waals surface area contributed by atoms with E-state index in [1.54, 1.807) is 18.5 Å². The Morgan fingerprint density at radius 2 is 1.67 bits per heavy atom. The van der Waals surface area contributed by atoms with Crippen molar-refractivity contribution in [2.75, 3.05) is 31.5 Å². The second-order valence-corrected chi connectivity index (χ2v) is 10.5. The molecule has 36 heavy (non-hydrogen) atoms. The minimum absolute atomic E-state index is 0. The number of aromatic nitrogens is 2. The molecule has 9 heteroatoms. The molecule has 0 spiro atoms. The number of aliphatic hydroxyl groups is 1. The number of carbonyl (C=O) groups is 2. The fourth-order valence-electron chi connectivity index (χ4n) is 6.37. The lowest BCUT2D eigenvalue weighted by atomic mass is 9.73. The molecule has 0 radical (unpaired) electrons. The number of anilines is 1. The van der Waals surface area contributed by atoms with E-state index in [4.69, 9.17) is 4.74 Å². The van der Waals surface area contributed by atoms with Crippen molar-refractivity contribution in [3.63, 3.8) is 0 Å². The third-order valence-electron chi connectivity index (χ3n) is 8.32. The monoisotopic (exact) mass is 558 g/mol. The van der Waals surface area contributed by atoms with Crippen molar-refractivity contribution >= 4 is 17.8 Å². The van der Waals surface area contributed by atoms with Crippen LogP contribution in [0.15, 0.2) is 48.8 Å². The van der Waals surface area contributed by atoms with Gasteiger partial charge in [0.15, 0.2) is 18.2 Å². The van der Waals surface area contributed by atoms with Gasteiger partial charge < -0.3 is 31.3 Å². The van der Waals surface area contributed by atoms with Gasteiger partial charge in [0, 0.05) is 37.1 Å². The van der Waals surface area contributed by atoms with Crippen molar-refractivity contribution in [1.29, 1.82) is 0 Å². The number of benzene rings is 1. The number of ether oxygens (including phenoxy) is 1. The number of piperidine rings is 3. The Balaban J connectivity index is 0.00000304. The molecule has 3 aliphatic heterocycles. The molecule has 4 aliphatic rings. The van der Waals surface area contributed by atoms with Crippen molar-refractivity contribution in [3.8, 4) is 0 Å². The van der Waals surface area contributed by atoms with Gasteiger partial charge in [-0.15, -0.1) is 0 Å². The molecule has 4 fully saturated rings. The molecule has 2 bridgehead atoms. The predicted molar refractivity (Wildman–Crippen MR) is 130 cm³/mol. The average molecular weight is 560 g/mol. The summed E-state index contributed by atoms with van der Waals surface area (Å²) >= 11 is 0. The molecule has 1 aliphatic carbocycles. The standard InChI is InChI=1S/C27H34N4O4.BrH/c32-24(30-26-28-14-7-15-29-26)19-31-16-12-20(13-17-31)23(18-31)35-25(33)27(34,21-8-3-1-4-9-21)22-10-5-2-6-11-22;/h1,3-4,7-9,14-15,20,22-23,34H,2,5-6,10-13,16-19H2;1H/t20?,23?,27-,31?;/m0./s1. The van der Waals surface area contributed by atoms with E-state index < -0.39 is 11.6 Å². The first-order chi connectivity index (χ1) is 17.0. The molecule has 4 heterocycles. The topological polar surface area (TPSA) is 101 Å². The Morgan fingerprint density at radius 3 is 2.33 bits per heavy atom. The lowest BCUT2D eigenvalue weighted by Gasteiger charge is -2.52. The highest BCUT2D eigenvalue weighted by molar-refractivity contribution is 5.89. The minimum Gasteiger partial charge on any atom is -1.00 e. The van der Waals surface area contributed by atoms with Crippen LogP contribution >= 0.6 is 0 Å². The summed E-state index contributed by atoms with van der Waals surface area (Å²) in [4.78, 5) is 34.6. The lowest BCUT2D eigenvalue weighted by molar-refractivity contribution is -0.939. The number of fused-ring (bicyclic) bond motifs is 3. The van der Waals surface area contributed by atoms with Crippen LogP contribution in [-0.4, -0.2) is 63.7 Å². The molecule has 6 rings (SSSR count). The van der Waals surface area contributed by atoms with Crippen LogP contribution in [0.2, 0.25) is 0 Å². The fraction of sp³-hybridized carbons (Fsp3) is 0.556. The van der Waals surface area contributed by atoms with Crippen molar-refractivity contribution in [3.05, 3.63) is 54.4 Å². The molecule has 2 N–H and O–H groups in total. The van der Waals surface area contributed by atoms with Crippen LogP contribution in [0.1, 0.15) is 50.5 Å². The maximum atomic E-state index is 13.7. The van der Waals surface area contributed by atoms with Gasteiger partial charge >= 0.3 is 5.97 Å². The van der Waals surface area contributed by atoms with Crippen molar-refractivity contribution < 1.29 is 40.9 Å². The summed E-state index contributed by atoms with van der Waals surface area (Å²) in [7, 11) is 0. The maximum absolute atomic E-state index is 13.7. The largest absolute Gasteiger partial charge is 1.00 e. The van der Waals surface area contributed by atoms with Crippen LogP contribution in [0, 0.1) is 11.8 Å². The van der Waals surface area contributed by atoms with Gasteiger partial charge in [0.2, 0.25) is 5.95 Å². The van der Waals surface area contributed by atoms with Gasteiger partial charge in [0.25, 0.3) is 5.91 Å². The Morgan fingerprint density at radius 1 is 1.00 bits per heavy atom. The number of quaternary nitrogens is 1. The molecule has 194 valence electrons. The van der Waals surface area contributed by atoms with Crippen LogP contribution in [-0.2, 0) is 19.9 Å². The molecule has 1 saturated carbocycles. The SMILES string of the molecule is O=C(C[N+]12CCC(CC1)C(OC(=O)[C@](O)(c1ccccc1)C1CCCCC1)C2)Nc1ncccn1.[Br-]. The first-order valence-corrected chi connectivity index (χ1v) is 12.9. The molecule has 2 aromatic rings. The van der Waals surface area contributed by atoms with Crippen LogP contribution in [0.4, 0.5) is 5.95 Å². The number of esters is 1. The maximum Gasteiger partial charge on any atom is 0.343 e. The first kappa shape index (κ1) is 26.7. The summed E-state index contributed by atoms with van der Waals surface area (Å²) in [6.45, 7) is 2.65. The summed E-state index contributed by atoms with van der Waals surface area (Å²) in [6.07, 6.45) is 9.49. The molecule has 1 amide bonds. The van der Waals surface area contributed by atoms with E-state index in [0.717, 1.165) is 58.0 Å². The molecule has 3 saturated heterocycles. The predicted octanol–water partition coefficient (Wildman–Crippen LogP) is 0.0394. The van der Waals surface area contributed by atoms with Crippen molar-refractivity contribution in [1.82, 2.24) is 9.97 Å². The smallest absolute Gasteiger partial charge is 0.343 e. The number of hydrogen-bond acceptors (Lipinski definition) is 6. The van der Waals surface area contributed by atoms with Gasteiger partial charge in [-0.1, -0.05) is 49.6 Å². The van der Waals surface area contributed by atoms with Gasteiger partial charge in [-0.2, -0.15) is 0 Å². The first-order valence-electron chi connectivity index (χ1n) is 12.9. The average Bonchev–Trinajstić information content (AvgIpc) is 2.90. The summed E-state index contributed by atoms with van der Waals surface area (Å²) < 4.78 is 6.75. The molecule has 1 aromatic heterocycles. The van der Waals surface area contributed by atoms with E-state index in [9.17, 15) is 14.7 Å². The molecule has 2 atom stereocenters. The van der Waals surface area contributed by atoms with Gasteiger partial charge in [-0.05, 0) is 24.5 Å². The second-order valence-electron chi connectivity index (χ2n) is 10.5. The minimum atomic E-state index is -1.64. The lowest BCUT2D eigenvalue weighted by Crippen LogP contribution is -3.00. The quantitative estimate of drug-likeness (QED) is 0.367. The van der Waals surface area contributed by atoms with E-state index in [1.165, 1.54) is 0 Å². The van der Waals surface area contributed by atoms with Gasteiger partial charge in [0.05, 0.1) is 13.1 Å². The fourth-order valence-corrected chi connectivity index (χ4v) is 6.37. The Labute approximate surface area is 222 Å². The van der Waals surface area contributed by atoms with Gasteiger partial charge in [-0.25, -0.2) is 14.8 Å². The van der Waals surface area contributed by atoms with Crippen LogP contribution < -0.4 is 22.3 Å². The molecule has 1 aromatic carbocycles. The Kier molecular flexibility index (Phi) is 8.42. The van der Waals surface area contributed by atoms with Crippen LogP contribution in [0.25, 0.3) is 0 Å². The Hall–Kier alpha value is -2.36. The highest BCUT2D eigenvalue weighted by Crippen LogP contribution is 2.42. The van der Waals surface area contributed by atoms with Crippen LogP contribution in [0.3, 0.4) is 0 Å². The molecular formula is C27H35BrN4O4. The highest BCUT2D eigenvalue weighted by Gasteiger charge is 2.52.